The number of pyridine rings is 1. The fourth-order valence-corrected chi connectivity index (χ4v) is 4.42. The molecule has 3 heterocycles. The van der Waals surface area contributed by atoms with E-state index in [1.165, 1.54) is 10.9 Å². The average Bonchev–Trinajstić information content (AvgIpc) is 3.19. The highest BCUT2D eigenvalue weighted by Gasteiger charge is 2.32. The zero-order valence-electron chi connectivity index (χ0n) is 17.7. The van der Waals surface area contributed by atoms with Crippen molar-refractivity contribution in [2.75, 3.05) is 0 Å². The van der Waals surface area contributed by atoms with Gasteiger partial charge in [0, 0.05) is 53.2 Å². The van der Waals surface area contributed by atoms with Gasteiger partial charge >= 0.3 is 0 Å². The quantitative estimate of drug-likeness (QED) is 0.441. The molecule has 32 heavy (non-hydrogen) atoms. The summed E-state index contributed by atoms with van der Waals surface area (Å²) in [5.74, 6) is 0. The number of fused-ring (bicyclic) bond motifs is 3. The Morgan fingerprint density at radius 3 is 2.69 bits per heavy atom. The van der Waals surface area contributed by atoms with E-state index < -0.39 is 0 Å². The van der Waals surface area contributed by atoms with E-state index in [4.69, 9.17) is 9.47 Å². The fourth-order valence-electron chi connectivity index (χ4n) is 4.42. The van der Waals surface area contributed by atoms with Crippen LogP contribution in [0.25, 0.3) is 27.4 Å². The minimum absolute atomic E-state index is 0.0956. The molecule has 5 nitrogen and oxygen atoms in total. The van der Waals surface area contributed by atoms with Crippen molar-refractivity contribution in [3.8, 4) is 0 Å². The van der Waals surface area contributed by atoms with Crippen LogP contribution in [0, 0.1) is 0 Å². The maximum Gasteiger partial charge on any atom is 0.147 e. The first kappa shape index (κ1) is 19.3. The van der Waals surface area contributed by atoms with Gasteiger partial charge in [-0.1, -0.05) is 48.5 Å². The van der Waals surface area contributed by atoms with Crippen LogP contribution in [-0.2, 0) is 16.1 Å². The normalized spacial score (nSPS) is 22.5. The lowest BCUT2D eigenvalue weighted by molar-refractivity contribution is -0.124. The van der Waals surface area contributed by atoms with E-state index in [-0.39, 0.29) is 18.4 Å². The maximum absolute atomic E-state index is 6.17. The molecule has 1 fully saturated rings. The summed E-state index contributed by atoms with van der Waals surface area (Å²) in [4.78, 5) is 7.73. The van der Waals surface area contributed by atoms with Gasteiger partial charge in [0.15, 0.2) is 0 Å². The van der Waals surface area contributed by atoms with Crippen LogP contribution in [0.5, 0.6) is 0 Å². The van der Waals surface area contributed by atoms with Gasteiger partial charge in [-0.3, -0.25) is 4.98 Å². The molecule has 160 valence electrons. The second-order valence-electron chi connectivity index (χ2n) is 8.50. The number of dihydropyridines is 1. The largest absolute Gasteiger partial charge is 0.373 e. The van der Waals surface area contributed by atoms with E-state index in [2.05, 4.69) is 57.8 Å². The second-order valence-corrected chi connectivity index (χ2v) is 8.50. The van der Waals surface area contributed by atoms with Crippen LogP contribution in [-0.4, -0.2) is 28.4 Å². The molecule has 0 radical (unpaired) electrons. The van der Waals surface area contributed by atoms with Crippen LogP contribution in [0.4, 0.5) is 0 Å². The minimum Gasteiger partial charge on any atom is -0.373 e. The fraction of sp³-hybridized carbons (Fsp3) is 0.222. The third-order valence-electron chi connectivity index (χ3n) is 6.31. The highest BCUT2D eigenvalue weighted by molar-refractivity contribution is 6.07. The van der Waals surface area contributed by atoms with Crippen molar-refractivity contribution >= 4 is 27.4 Å². The number of nitrogens with zero attached hydrogens (tertiary/aromatic N) is 1. The van der Waals surface area contributed by atoms with Gasteiger partial charge in [0.2, 0.25) is 0 Å². The Labute approximate surface area is 186 Å². The van der Waals surface area contributed by atoms with Crippen molar-refractivity contribution in [2.45, 2.75) is 37.9 Å². The number of ether oxygens (including phenoxy) is 2. The summed E-state index contributed by atoms with van der Waals surface area (Å²) < 4.78 is 12.1. The molecule has 1 saturated carbocycles. The van der Waals surface area contributed by atoms with Crippen LogP contribution in [0.15, 0.2) is 85.3 Å². The molecule has 1 unspecified atom stereocenters. The smallest absolute Gasteiger partial charge is 0.147 e. The molecule has 6 rings (SSSR count). The molecule has 0 spiro atoms. The Bertz CT molecular complexity index is 1300. The molecule has 2 N–H and O–H groups in total. The third-order valence-corrected chi connectivity index (χ3v) is 6.31. The summed E-state index contributed by atoms with van der Waals surface area (Å²) in [5, 5.41) is 5.73. The van der Waals surface area contributed by atoms with Gasteiger partial charge < -0.3 is 19.8 Å². The molecule has 4 aromatic rings. The lowest BCUT2D eigenvalue weighted by Gasteiger charge is -2.37. The summed E-state index contributed by atoms with van der Waals surface area (Å²) in [7, 11) is 0. The van der Waals surface area contributed by atoms with Gasteiger partial charge in [-0.05, 0) is 34.9 Å². The standard InChI is InChI=1S/C27H25N3O2/c1-2-4-18(5-3-1)17-31-21-13-22(14-21)32-27-9-7-20(15-29-27)19-6-8-23-24-16-28-11-10-25(24)30-26(23)12-19/h1-12,15-16,21-22,27,29-30H,13-14,17H2. The zero-order chi connectivity index (χ0) is 21.3. The topological polar surface area (TPSA) is 59.2 Å². The molecule has 1 atom stereocenters. The van der Waals surface area contributed by atoms with E-state index in [1.54, 1.807) is 0 Å². The monoisotopic (exact) mass is 423 g/mol. The van der Waals surface area contributed by atoms with Gasteiger partial charge in [0.25, 0.3) is 0 Å². The first-order valence-corrected chi connectivity index (χ1v) is 11.1. The van der Waals surface area contributed by atoms with Gasteiger partial charge in [0.05, 0.1) is 18.8 Å². The van der Waals surface area contributed by atoms with Crippen LogP contribution in [0.1, 0.15) is 24.0 Å². The Morgan fingerprint density at radius 1 is 0.938 bits per heavy atom. The third kappa shape index (κ3) is 3.81. The number of hydrogen-bond acceptors (Lipinski definition) is 4. The lowest BCUT2D eigenvalue weighted by Crippen LogP contribution is -2.42. The number of allylic oxidation sites excluding steroid dienone is 2. The Balaban J connectivity index is 1.03. The molecular weight excluding hydrogens is 398 g/mol. The molecular formula is C27H25N3O2. The number of hydrogen-bond donors (Lipinski definition) is 2. The van der Waals surface area contributed by atoms with Gasteiger partial charge in [-0.2, -0.15) is 0 Å². The number of aromatic nitrogens is 2. The highest BCUT2D eigenvalue weighted by Crippen LogP contribution is 2.30. The number of benzene rings is 2. The van der Waals surface area contributed by atoms with E-state index in [0.29, 0.717) is 6.61 Å². The predicted octanol–water partition coefficient (Wildman–Crippen LogP) is 5.31. The van der Waals surface area contributed by atoms with E-state index in [1.807, 2.05) is 42.9 Å². The number of nitrogens with one attached hydrogen (secondary N) is 2. The van der Waals surface area contributed by atoms with Gasteiger partial charge in [-0.15, -0.1) is 0 Å². The summed E-state index contributed by atoms with van der Waals surface area (Å²) in [6.45, 7) is 0.670. The molecule has 1 aliphatic carbocycles. The van der Waals surface area contributed by atoms with E-state index in [0.717, 1.165) is 40.4 Å². The second kappa shape index (κ2) is 8.26. The molecule has 2 aliphatic rings. The Hall–Kier alpha value is -3.41. The van der Waals surface area contributed by atoms with Crippen LogP contribution in [0.2, 0.25) is 0 Å². The maximum atomic E-state index is 6.17. The van der Waals surface area contributed by atoms with E-state index >= 15 is 0 Å². The summed E-state index contributed by atoms with van der Waals surface area (Å²) in [6, 6.07) is 18.8. The van der Waals surface area contributed by atoms with Gasteiger partial charge in [0.1, 0.15) is 6.23 Å². The van der Waals surface area contributed by atoms with Crippen LogP contribution >= 0.6 is 0 Å². The summed E-state index contributed by atoms with van der Waals surface area (Å²) in [5.41, 5.74) is 5.75. The van der Waals surface area contributed by atoms with E-state index in [9.17, 15) is 0 Å². The summed E-state index contributed by atoms with van der Waals surface area (Å²) >= 11 is 0. The van der Waals surface area contributed by atoms with Gasteiger partial charge in [-0.25, -0.2) is 0 Å². The number of rotatable bonds is 6. The lowest BCUT2D eigenvalue weighted by atomic mass is 9.91. The molecule has 5 heteroatoms. The summed E-state index contributed by atoms with van der Waals surface area (Å²) in [6.07, 6.45) is 12.3. The van der Waals surface area contributed by atoms with Crippen molar-refractivity contribution in [3.05, 3.63) is 96.5 Å². The molecule has 2 aromatic carbocycles. The molecule has 0 bridgehead atoms. The Kier molecular flexibility index (Phi) is 4.98. The average molecular weight is 424 g/mol. The number of aromatic amines is 1. The van der Waals surface area contributed by atoms with Crippen LogP contribution in [0.3, 0.4) is 0 Å². The molecule has 2 aromatic heterocycles. The van der Waals surface area contributed by atoms with Crippen LogP contribution < -0.4 is 5.32 Å². The first-order valence-electron chi connectivity index (χ1n) is 11.1. The first-order chi connectivity index (χ1) is 15.8. The van der Waals surface area contributed by atoms with Crippen molar-refractivity contribution in [1.29, 1.82) is 0 Å². The minimum atomic E-state index is -0.0956. The van der Waals surface area contributed by atoms with Crippen molar-refractivity contribution < 1.29 is 9.47 Å². The Morgan fingerprint density at radius 2 is 1.84 bits per heavy atom. The highest BCUT2D eigenvalue weighted by atomic mass is 16.5. The molecule has 1 aliphatic heterocycles. The van der Waals surface area contributed by atoms with Crippen molar-refractivity contribution in [1.82, 2.24) is 15.3 Å². The zero-order valence-corrected chi connectivity index (χ0v) is 17.7. The molecule has 0 saturated heterocycles. The van der Waals surface area contributed by atoms with Crippen molar-refractivity contribution in [3.63, 3.8) is 0 Å². The SMILES string of the molecule is C1=CC(OC2CC(OCc3ccccc3)C2)NC=C1c1ccc2c(c1)[nH]c1ccncc12. The molecule has 0 amide bonds. The number of H-pyrrole nitrogens is 1. The predicted molar refractivity (Wildman–Crippen MR) is 127 cm³/mol. The van der Waals surface area contributed by atoms with Crippen molar-refractivity contribution in [2.24, 2.45) is 0 Å².